The number of carbonyl (C=O) groups is 2. The highest BCUT2D eigenvalue weighted by atomic mass is 79.9. The lowest BCUT2D eigenvalue weighted by Crippen LogP contribution is -2.32. The van der Waals surface area contributed by atoms with Crippen molar-refractivity contribution in [2.24, 2.45) is 0 Å². The van der Waals surface area contributed by atoms with Gasteiger partial charge in [0.2, 0.25) is 0 Å². The van der Waals surface area contributed by atoms with Gasteiger partial charge in [-0.3, -0.25) is 14.5 Å². The number of nitrogens with zero attached hydrogens (tertiary/aromatic N) is 1. The molecule has 1 saturated heterocycles. The fourth-order valence-electron chi connectivity index (χ4n) is 4.15. The number of thioether (sulfide) groups is 1. The van der Waals surface area contributed by atoms with Crippen molar-refractivity contribution in [1.29, 1.82) is 0 Å². The maximum absolute atomic E-state index is 12.9. The van der Waals surface area contributed by atoms with Crippen molar-refractivity contribution in [3.8, 4) is 17.2 Å². The summed E-state index contributed by atoms with van der Waals surface area (Å²) in [5, 5.41) is 1.96. The van der Waals surface area contributed by atoms with Gasteiger partial charge >= 0.3 is 0 Å². The molecule has 0 bridgehead atoms. The van der Waals surface area contributed by atoms with E-state index in [4.69, 9.17) is 14.2 Å². The molecule has 38 heavy (non-hydrogen) atoms. The molecule has 8 heteroatoms. The molecule has 192 valence electrons. The minimum atomic E-state index is -0.344. The number of carbonyl (C=O) groups excluding carboxylic acids is 2. The van der Waals surface area contributed by atoms with E-state index >= 15 is 0 Å². The zero-order valence-corrected chi connectivity index (χ0v) is 23.0. The number of fused-ring (bicyclic) bond motifs is 1. The fraction of sp³-hybridized carbons (Fsp3) is 0.133. The van der Waals surface area contributed by atoms with Crippen LogP contribution in [-0.4, -0.2) is 36.3 Å². The average molecular weight is 590 g/mol. The van der Waals surface area contributed by atoms with Crippen molar-refractivity contribution in [3.05, 3.63) is 105 Å². The molecule has 0 spiro atoms. The van der Waals surface area contributed by atoms with Crippen molar-refractivity contribution >= 4 is 55.7 Å². The average Bonchev–Trinajstić information content (AvgIpc) is 3.20. The summed E-state index contributed by atoms with van der Waals surface area (Å²) < 4.78 is 18.1. The number of rotatable bonds is 9. The van der Waals surface area contributed by atoms with Crippen LogP contribution < -0.4 is 14.2 Å². The lowest BCUT2D eigenvalue weighted by Gasteiger charge is -2.15. The van der Waals surface area contributed by atoms with Crippen LogP contribution >= 0.6 is 27.7 Å². The zero-order chi connectivity index (χ0) is 26.5. The van der Waals surface area contributed by atoms with E-state index in [1.54, 1.807) is 19.3 Å². The van der Waals surface area contributed by atoms with E-state index in [1.165, 1.54) is 4.90 Å². The van der Waals surface area contributed by atoms with Gasteiger partial charge in [-0.1, -0.05) is 60.7 Å². The second kappa shape index (κ2) is 11.8. The van der Waals surface area contributed by atoms with Gasteiger partial charge in [0.05, 0.1) is 23.0 Å². The van der Waals surface area contributed by atoms with Gasteiger partial charge in [-0.15, -0.1) is 0 Å². The third kappa shape index (κ3) is 5.71. The Kier molecular flexibility index (Phi) is 8.00. The molecule has 0 radical (unpaired) electrons. The van der Waals surface area contributed by atoms with Crippen molar-refractivity contribution < 1.29 is 23.8 Å². The third-order valence-corrected chi connectivity index (χ3v) is 7.50. The summed E-state index contributed by atoms with van der Waals surface area (Å²) in [7, 11) is 1.57. The van der Waals surface area contributed by atoms with Gasteiger partial charge in [0.25, 0.3) is 11.1 Å². The standard InChI is InChI=1S/C30H24BrNO5S/c1-35-26-17-20(16-25(31)28(26)37-19-22-10-7-9-21-8-5-6-13-24(21)22)18-27-29(33)32(30(34)38-27)14-15-36-23-11-3-2-4-12-23/h2-13,16-18H,14-15,19H2,1H3/b27-18-. The van der Waals surface area contributed by atoms with E-state index < -0.39 is 0 Å². The molecular formula is C30H24BrNO5S. The molecule has 2 amide bonds. The third-order valence-electron chi connectivity index (χ3n) is 6.00. The molecule has 0 aliphatic carbocycles. The minimum Gasteiger partial charge on any atom is -0.493 e. The van der Waals surface area contributed by atoms with Gasteiger partial charge in [0, 0.05) is 0 Å². The van der Waals surface area contributed by atoms with Crippen LogP contribution in [0.1, 0.15) is 11.1 Å². The molecule has 6 nitrogen and oxygen atoms in total. The normalized spacial score (nSPS) is 14.4. The summed E-state index contributed by atoms with van der Waals surface area (Å²) in [6.45, 7) is 0.752. The topological polar surface area (TPSA) is 65.1 Å². The number of amides is 2. The highest BCUT2D eigenvalue weighted by molar-refractivity contribution is 9.10. The van der Waals surface area contributed by atoms with Crippen LogP contribution in [0.25, 0.3) is 16.8 Å². The highest BCUT2D eigenvalue weighted by Gasteiger charge is 2.35. The van der Waals surface area contributed by atoms with Crippen molar-refractivity contribution in [3.63, 3.8) is 0 Å². The molecule has 1 fully saturated rings. The molecule has 5 rings (SSSR count). The first-order valence-corrected chi connectivity index (χ1v) is 13.5. The molecule has 1 aliphatic rings. The van der Waals surface area contributed by atoms with Gasteiger partial charge in [0.1, 0.15) is 19.0 Å². The first kappa shape index (κ1) is 25.9. The molecule has 4 aromatic carbocycles. The minimum absolute atomic E-state index is 0.171. The van der Waals surface area contributed by atoms with Gasteiger partial charge in [-0.2, -0.15) is 0 Å². The number of para-hydroxylation sites is 1. The number of imide groups is 1. The Morgan fingerprint density at radius 3 is 2.50 bits per heavy atom. The number of hydrogen-bond acceptors (Lipinski definition) is 6. The Morgan fingerprint density at radius 2 is 1.68 bits per heavy atom. The number of benzene rings is 4. The largest absolute Gasteiger partial charge is 0.493 e. The van der Waals surface area contributed by atoms with Crippen LogP contribution in [0.2, 0.25) is 0 Å². The molecule has 0 atom stereocenters. The Bertz CT molecular complexity index is 1520. The number of ether oxygens (including phenoxy) is 3. The molecular weight excluding hydrogens is 566 g/mol. The first-order chi connectivity index (χ1) is 18.5. The molecule has 0 aromatic heterocycles. The van der Waals surface area contributed by atoms with Gasteiger partial charge in [0.15, 0.2) is 11.5 Å². The first-order valence-electron chi connectivity index (χ1n) is 11.9. The molecule has 0 unspecified atom stereocenters. The molecule has 1 heterocycles. The van der Waals surface area contributed by atoms with Crippen molar-refractivity contribution in [1.82, 2.24) is 4.90 Å². The number of halogens is 1. The van der Waals surface area contributed by atoms with E-state index in [2.05, 4.69) is 34.1 Å². The summed E-state index contributed by atoms with van der Waals surface area (Å²) in [4.78, 5) is 27.0. The van der Waals surface area contributed by atoms with Crippen LogP contribution in [0.4, 0.5) is 4.79 Å². The maximum Gasteiger partial charge on any atom is 0.293 e. The molecule has 0 saturated carbocycles. The van der Waals surface area contributed by atoms with Crippen LogP contribution in [0.15, 0.2) is 94.3 Å². The van der Waals surface area contributed by atoms with Gasteiger partial charge < -0.3 is 14.2 Å². The zero-order valence-electron chi connectivity index (χ0n) is 20.6. The SMILES string of the molecule is COc1cc(/C=C2\SC(=O)N(CCOc3ccccc3)C2=O)cc(Br)c1OCc1cccc2ccccc12. The predicted octanol–water partition coefficient (Wildman–Crippen LogP) is 7.31. The fourth-order valence-corrected chi connectivity index (χ4v) is 5.59. The van der Waals surface area contributed by atoms with Crippen LogP contribution in [0, 0.1) is 0 Å². The summed E-state index contributed by atoms with van der Waals surface area (Å²) in [6, 6.07) is 27.2. The monoisotopic (exact) mass is 589 g/mol. The van der Waals surface area contributed by atoms with E-state index in [-0.39, 0.29) is 24.3 Å². The summed E-state index contributed by atoms with van der Waals surface area (Å²) in [6.07, 6.45) is 1.69. The summed E-state index contributed by atoms with van der Waals surface area (Å²) in [5.41, 5.74) is 1.77. The van der Waals surface area contributed by atoms with Gasteiger partial charge in [-0.05, 0) is 79.9 Å². The Labute approximate surface area is 233 Å². The van der Waals surface area contributed by atoms with Crippen LogP contribution in [-0.2, 0) is 11.4 Å². The van der Waals surface area contributed by atoms with Crippen molar-refractivity contribution in [2.75, 3.05) is 20.3 Å². The second-order valence-corrected chi connectivity index (χ2v) is 10.3. The second-order valence-electron chi connectivity index (χ2n) is 8.46. The van der Waals surface area contributed by atoms with Crippen LogP contribution in [0.5, 0.6) is 17.2 Å². The van der Waals surface area contributed by atoms with E-state index in [0.717, 1.165) is 28.1 Å². The van der Waals surface area contributed by atoms with Gasteiger partial charge in [-0.25, -0.2) is 0 Å². The highest BCUT2D eigenvalue weighted by Crippen LogP contribution is 2.39. The summed E-state index contributed by atoms with van der Waals surface area (Å²) in [5.74, 6) is 1.42. The molecule has 0 N–H and O–H groups in total. The maximum atomic E-state index is 12.9. The Hall–Kier alpha value is -3.75. The van der Waals surface area contributed by atoms with E-state index in [0.29, 0.717) is 38.8 Å². The van der Waals surface area contributed by atoms with E-state index in [9.17, 15) is 9.59 Å². The number of hydrogen-bond donors (Lipinski definition) is 0. The number of methoxy groups -OCH3 is 1. The molecule has 4 aromatic rings. The lowest BCUT2D eigenvalue weighted by atomic mass is 10.1. The Morgan fingerprint density at radius 1 is 0.921 bits per heavy atom. The Balaban J connectivity index is 1.29. The van der Waals surface area contributed by atoms with Crippen molar-refractivity contribution in [2.45, 2.75) is 6.61 Å². The lowest BCUT2D eigenvalue weighted by molar-refractivity contribution is -0.123. The van der Waals surface area contributed by atoms with Crippen LogP contribution in [0.3, 0.4) is 0 Å². The predicted molar refractivity (Wildman–Crippen MR) is 154 cm³/mol. The quantitative estimate of drug-likeness (QED) is 0.191. The smallest absolute Gasteiger partial charge is 0.293 e. The molecule has 1 aliphatic heterocycles. The summed E-state index contributed by atoms with van der Waals surface area (Å²) >= 11 is 4.50. The van der Waals surface area contributed by atoms with E-state index in [1.807, 2.05) is 60.7 Å².